The van der Waals surface area contributed by atoms with E-state index in [9.17, 15) is 4.21 Å². The van der Waals surface area contributed by atoms with Crippen molar-refractivity contribution in [3.05, 3.63) is 71.3 Å². The maximum absolute atomic E-state index is 12.2. The Kier molecular flexibility index (Phi) is 11.3. The van der Waals surface area contributed by atoms with Crippen molar-refractivity contribution in [3.8, 4) is 0 Å². The molecule has 6 heteroatoms. The van der Waals surface area contributed by atoms with Crippen LogP contribution in [0.3, 0.4) is 0 Å². The molecule has 0 amide bonds. The van der Waals surface area contributed by atoms with E-state index in [0.717, 1.165) is 24.5 Å². The maximum atomic E-state index is 12.2. The lowest BCUT2D eigenvalue weighted by Gasteiger charge is -2.22. The Balaban J connectivity index is 0.00000364. The average Bonchev–Trinajstić information content (AvgIpc) is 2.66. The molecule has 0 radical (unpaired) electrons. The summed E-state index contributed by atoms with van der Waals surface area (Å²) in [6.45, 7) is 3.59. The SMILES string of the molecule is CCc1ccc(CN(C)C(=NC)NCCS(=O)Cc2ccccc2)cc1.I. The molecule has 0 saturated carbocycles. The van der Waals surface area contributed by atoms with Crippen LogP contribution in [0.2, 0.25) is 0 Å². The van der Waals surface area contributed by atoms with Crippen LogP contribution in [0.25, 0.3) is 0 Å². The highest BCUT2D eigenvalue weighted by molar-refractivity contribution is 14.0. The largest absolute Gasteiger partial charge is 0.355 e. The molecule has 4 nitrogen and oxygen atoms in total. The van der Waals surface area contributed by atoms with Gasteiger partial charge in [0.15, 0.2) is 5.96 Å². The van der Waals surface area contributed by atoms with Gasteiger partial charge in [-0.3, -0.25) is 9.20 Å². The summed E-state index contributed by atoms with van der Waals surface area (Å²) >= 11 is 0. The summed E-state index contributed by atoms with van der Waals surface area (Å²) in [7, 11) is 2.92. The molecule has 2 rings (SSSR count). The highest BCUT2D eigenvalue weighted by Crippen LogP contribution is 2.07. The van der Waals surface area contributed by atoms with Gasteiger partial charge in [-0.2, -0.15) is 0 Å². The van der Waals surface area contributed by atoms with Crippen molar-refractivity contribution >= 4 is 40.7 Å². The first-order valence-corrected chi connectivity index (χ1v) is 10.5. The summed E-state index contributed by atoms with van der Waals surface area (Å²) in [5.41, 5.74) is 3.71. The second-order valence-corrected chi connectivity index (χ2v) is 7.85. The lowest BCUT2D eigenvalue weighted by molar-refractivity contribution is 0.479. The van der Waals surface area contributed by atoms with Crippen molar-refractivity contribution in [2.45, 2.75) is 25.6 Å². The van der Waals surface area contributed by atoms with Gasteiger partial charge in [-0.15, -0.1) is 24.0 Å². The van der Waals surface area contributed by atoms with Crippen molar-refractivity contribution < 1.29 is 4.21 Å². The highest BCUT2D eigenvalue weighted by atomic mass is 127. The molecule has 0 aliphatic carbocycles. The van der Waals surface area contributed by atoms with Crippen molar-refractivity contribution in [3.63, 3.8) is 0 Å². The third kappa shape index (κ3) is 8.43. The Labute approximate surface area is 182 Å². The highest BCUT2D eigenvalue weighted by Gasteiger charge is 2.08. The molecule has 0 fully saturated rings. The van der Waals surface area contributed by atoms with E-state index >= 15 is 0 Å². The number of nitrogens with zero attached hydrogens (tertiary/aromatic N) is 2. The number of aliphatic imine (C=N–C) groups is 1. The molecule has 1 N–H and O–H groups in total. The van der Waals surface area contributed by atoms with Crippen molar-refractivity contribution in [2.75, 3.05) is 26.4 Å². The normalized spacial score (nSPS) is 12.2. The first-order chi connectivity index (χ1) is 12.6. The van der Waals surface area contributed by atoms with Crippen LogP contribution in [0, 0.1) is 0 Å². The minimum Gasteiger partial charge on any atom is -0.355 e. The Morgan fingerprint density at radius 1 is 1.04 bits per heavy atom. The Bertz CT molecular complexity index is 720. The van der Waals surface area contributed by atoms with Crippen molar-refractivity contribution in [2.24, 2.45) is 4.99 Å². The predicted octanol–water partition coefficient (Wildman–Crippen LogP) is 3.82. The topological polar surface area (TPSA) is 44.7 Å². The van der Waals surface area contributed by atoms with Gasteiger partial charge in [-0.25, -0.2) is 0 Å². The fourth-order valence-electron chi connectivity index (χ4n) is 2.72. The van der Waals surface area contributed by atoms with Gasteiger partial charge in [0, 0.05) is 49.5 Å². The number of guanidine groups is 1. The zero-order chi connectivity index (χ0) is 18.8. The van der Waals surface area contributed by atoms with Gasteiger partial charge in [0.1, 0.15) is 0 Å². The van der Waals surface area contributed by atoms with Gasteiger partial charge >= 0.3 is 0 Å². The van der Waals surface area contributed by atoms with E-state index in [0.29, 0.717) is 18.1 Å². The fourth-order valence-corrected chi connectivity index (χ4v) is 3.76. The smallest absolute Gasteiger partial charge is 0.193 e. The Morgan fingerprint density at radius 2 is 1.67 bits per heavy atom. The number of rotatable bonds is 8. The van der Waals surface area contributed by atoms with Gasteiger partial charge < -0.3 is 10.2 Å². The number of benzene rings is 2. The van der Waals surface area contributed by atoms with Crippen molar-refractivity contribution in [1.82, 2.24) is 10.2 Å². The van der Waals surface area contributed by atoms with Crippen molar-refractivity contribution in [1.29, 1.82) is 0 Å². The molecule has 1 atom stereocenters. The third-order valence-corrected chi connectivity index (χ3v) is 5.52. The molecule has 27 heavy (non-hydrogen) atoms. The molecule has 2 aromatic carbocycles. The second-order valence-electron chi connectivity index (χ2n) is 6.27. The molecule has 0 saturated heterocycles. The number of aryl methyl sites for hydroxylation is 1. The van der Waals surface area contributed by atoms with Gasteiger partial charge in [-0.1, -0.05) is 61.5 Å². The van der Waals surface area contributed by atoms with E-state index in [1.807, 2.05) is 37.4 Å². The lowest BCUT2D eigenvalue weighted by Crippen LogP contribution is -2.40. The molecule has 0 aromatic heterocycles. The van der Waals surface area contributed by atoms with Crippen LogP contribution in [0.15, 0.2) is 59.6 Å². The summed E-state index contributed by atoms with van der Waals surface area (Å²) in [6, 6.07) is 18.6. The molecule has 0 bridgehead atoms. The number of halogens is 1. The first-order valence-electron chi connectivity index (χ1n) is 9.01. The van der Waals surface area contributed by atoms with Crippen LogP contribution >= 0.6 is 24.0 Å². The minimum atomic E-state index is -0.880. The zero-order valence-corrected chi connectivity index (χ0v) is 19.5. The summed E-state index contributed by atoms with van der Waals surface area (Å²) < 4.78 is 12.2. The average molecular weight is 499 g/mol. The fraction of sp³-hybridized carbons (Fsp3) is 0.381. The van der Waals surface area contributed by atoms with Crippen LogP contribution in [-0.4, -0.2) is 41.5 Å². The monoisotopic (exact) mass is 499 g/mol. The maximum Gasteiger partial charge on any atom is 0.193 e. The second kappa shape index (κ2) is 12.9. The summed E-state index contributed by atoms with van der Waals surface area (Å²) in [6.07, 6.45) is 1.06. The number of hydrogen-bond donors (Lipinski definition) is 1. The van der Waals surface area contributed by atoms with Crippen LogP contribution in [0.4, 0.5) is 0 Å². The van der Waals surface area contributed by atoms with Gasteiger partial charge in [0.25, 0.3) is 0 Å². The Morgan fingerprint density at radius 3 is 2.26 bits per heavy atom. The van der Waals surface area contributed by atoms with Gasteiger partial charge in [-0.05, 0) is 23.1 Å². The minimum absolute atomic E-state index is 0. The molecule has 0 aliphatic heterocycles. The third-order valence-electron chi connectivity index (χ3n) is 4.21. The molecule has 2 aromatic rings. The first kappa shape index (κ1) is 23.6. The van der Waals surface area contributed by atoms with E-state index in [1.165, 1.54) is 11.1 Å². The molecule has 1 unspecified atom stereocenters. The number of hydrogen-bond acceptors (Lipinski definition) is 2. The Hall–Kier alpha value is -1.41. The van der Waals surface area contributed by atoms with E-state index in [-0.39, 0.29) is 24.0 Å². The lowest BCUT2D eigenvalue weighted by atomic mass is 10.1. The molecule has 0 spiro atoms. The molecule has 0 aliphatic rings. The summed E-state index contributed by atoms with van der Waals surface area (Å²) in [5.74, 6) is 2.02. The van der Waals surface area contributed by atoms with Crippen LogP contribution in [0.1, 0.15) is 23.6 Å². The quantitative estimate of drug-likeness (QED) is 0.341. The van der Waals surface area contributed by atoms with E-state index < -0.39 is 10.8 Å². The van der Waals surface area contributed by atoms with E-state index in [4.69, 9.17) is 0 Å². The van der Waals surface area contributed by atoms with Gasteiger partial charge in [0.2, 0.25) is 0 Å². The van der Waals surface area contributed by atoms with E-state index in [1.54, 1.807) is 7.05 Å². The molecular formula is C21H30IN3OS. The molecular weight excluding hydrogens is 469 g/mol. The van der Waals surface area contributed by atoms with Crippen LogP contribution in [-0.2, 0) is 29.5 Å². The van der Waals surface area contributed by atoms with Gasteiger partial charge in [0.05, 0.1) is 0 Å². The zero-order valence-electron chi connectivity index (χ0n) is 16.4. The van der Waals surface area contributed by atoms with Crippen LogP contribution < -0.4 is 5.32 Å². The van der Waals surface area contributed by atoms with E-state index in [2.05, 4.69) is 46.4 Å². The summed E-state index contributed by atoms with van der Waals surface area (Å²) in [4.78, 5) is 6.42. The van der Waals surface area contributed by atoms with Crippen LogP contribution in [0.5, 0.6) is 0 Å². The standard InChI is InChI=1S/C21H29N3OS.HI/c1-4-18-10-12-19(13-11-18)16-24(3)21(22-2)23-14-15-26(25)17-20-8-6-5-7-9-20;/h5-13H,4,14-17H2,1-3H3,(H,22,23);1H. The molecule has 0 heterocycles. The number of nitrogens with one attached hydrogen (secondary N) is 1. The molecule has 148 valence electrons. The summed E-state index contributed by atoms with van der Waals surface area (Å²) in [5, 5.41) is 3.31. The predicted molar refractivity (Wildman–Crippen MR) is 127 cm³/mol.